The van der Waals surface area contributed by atoms with Crippen LogP contribution in [0.5, 0.6) is 0 Å². The Labute approximate surface area is 326 Å². The standard InChI is InChI=1S/C40H42ClFN6O8/c41-30-8-4-6-28(35(30)42)32-21-33(56-46-32)36(50)48-20-16-27-26(5-3-7-29(27)40(48,39(44)55)25-12-10-24(11-13-25)37(51)52)23-14-18-47(19-15-23)22-34(49)45-31(38(53)54)9-1-2-17-43/h3-8,10-14,31,33H,1-2,9,15-22,43H2,(H2,44,55)(H,45,49)(H,51,52)(H,53,54)/t31-,33-,40+/m1/s1. The van der Waals surface area contributed by atoms with E-state index < -0.39 is 53.2 Å². The molecule has 3 amide bonds. The quantitative estimate of drug-likeness (QED) is 0.150. The fraction of sp³-hybridized carbons (Fsp3) is 0.350. The molecule has 0 spiro atoms. The lowest BCUT2D eigenvalue weighted by Gasteiger charge is -2.47. The number of halogens is 2. The molecule has 3 aliphatic rings. The summed E-state index contributed by atoms with van der Waals surface area (Å²) in [4.78, 5) is 73.7. The smallest absolute Gasteiger partial charge is 0.335 e. The number of hydrogen-bond donors (Lipinski definition) is 5. The summed E-state index contributed by atoms with van der Waals surface area (Å²) in [5.41, 5.74) is 13.4. The zero-order chi connectivity index (χ0) is 40.1. The minimum absolute atomic E-state index is 0.00413. The van der Waals surface area contributed by atoms with Crippen molar-refractivity contribution in [1.82, 2.24) is 15.1 Å². The lowest BCUT2D eigenvalue weighted by molar-refractivity contribution is -0.153. The molecule has 294 valence electrons. The fourth-order valence-corrected chi connectivity index (χ4v) is 7.92. The molecule has 3 atom stereocenters. The number of carbonyl (C=O) groups excluding carboxylic acids is 3. The highest BCUT2D eigenvalue weighted by atomic mass is 35.5. The van der Waals surface area contributed by atoms with Gasteiger partial charge in [0, 0.05) is 31.6 Å². The first-order valence-corrected chi connectivity index (χ1v) is 18.6. The Morgan fingerprint density at radius 3 is 2.39 bits per heavy atom. The molecule has 0 aliphatic carbocycles. The number of carboxylic acids is 2. The molecule has 6 rings (SSSR count). The Hall–Kier alpha value is -5.64. The molecule has 3 heterocycles. The number of unbranched alkanes of at least 4 members (excludes halogenated alkanes) is 1. The van der Waals surface area contributed by atoms with Gasteiger partial charge in [-0.2, -0.15) is 0 Å². The van der Waals surface area contributed by atoms with Gasteiger partial charge < -0.3 is 36.7 Å². The van der Waals surface area contributed by atoms with E-state index in [1.54, 1.807) is 18.2 Å². The van der Waals surface area contributed by atoms with E-state index in [2.05, 4.69) is 10.5 Å². The average Bonchev–Trinajstić information content (AvgIpc) is 3.68. The molecular formula is C40H42ClFN6O8. The second-order valence-corrected chi connectivity index (χ2v) is 14.3. The summed E-state index contributed by atoms with van der Waals surface area (Å²) in [6.45, 7) is 1.35. The number of rotatable bonds is 14. The maximum atomic E-state index is 14.9. The van der Waals surface area contributed by atoms with Crippen molar-refractivity contribution in [3.05, 3.63) is 111 Å². The van der Waals surface area contributed by atoms with E-state index in [1.807, 2.05) is 17.0 Å². The van der Waals surface area contributed by atoms with Crippen LogP contribution in [0.2, 0.25) is 5.02 Å². The Bertz CT molecular complexity index is 2110. The van der Waals surface area contributed by atoms with E-state index in [0.717, 1.165) is 16.7 Å². The van der Waals surface area contributed by atoms with Crippen LogP contribution in [0, 0.1) is 5.82 Å². The summed E-state index contributed by atoms with van der Waals surface area (Å²) in [5.74, 6) is -4.90. The topological polar surface area (TPSA) is 218 Å². The van der Waals surface area contributed by atoms with Crippen molar-refractivity contribution in [2.75, 3.05) is 32.7 Å². The zero-order valence-corrected chi connectivity index (χ0v) is 31.1. The molecule has 16 heteroatoms. The lowest BCUT2D eigenvalue weighted by atomic mass is 9.72. The van der Waals surface area contributed by atoms with E-state index in [1.165, 1.54) is 41.3 Å². The number of aliphatic carboxylic acids is 1. The molecule has 3 aliphatic heterocycles. The molecule has 0 unspecified atom stereocenters. The summed E-state index contributed by atoms with van der Waals surface area (Å²) in [5, 5.41) is 25.7. The number of carboxylic acid groups (broad SMARTS) is 2. The van der Waals surface area contributed by atoms with Gasteiger partial charge in [-0.3, -0.25) is 19.3 Å². The number of fused-ring (bicyclic) bond motifs is 1. The minimum atomic E-state index is -1.91. The van der Waals surface area contributed by atoms with Crippen LogP contribution in [-0.4, -0.2) is 100 Å². The lowest BCUT2D eigenvalue weighted by Crippen LogP contribution is -2.62. The van der Waals surface area contributed by atoms with Crippen LogP contribution >= 0.6 is 11.6 Å². The summed E-state index contributed by atoms with van der Waals surface area (Å²) < 4.78 is 14.9. The molecule has 0 radical (unpaired) electrons. The van der Waals surface area contributed by atoms with Gasteiger partial charge in [0.2, 0.25) is 12.0 Å². The van der Waals surface area contributed by atoms with Gasteiger partial charge in [0.25, 0.3) is 11.8 Å². The van der Waals surface area contributed by atoms with Crippen LogP contribution in [0.25, 0.3) is 5.57 Å². The highest BCUT2D eigenvalue weighted by Crippen LogP contribution is 2.45. The first-order valence-electron chi connectivity index (χ1n) is 18.2. The Balaban J connectivity index is 1.30. The predicted octanol–water partition coefficient (Wildman–Crippen LogP) is 3.27. The number of oxime groups is 1. The Morgan fingerprint density at radius 1 is 1.00 bits per heavy atom. The fourth-order valence-electron chi connectivity index (χ4n) is 7.74. The largest absolute Gasteiger partial charge is 0.480 e. The van der Waals surface area contributed by atoms with E-state index in [9.17, 15) is 38.6 Å². The monoisotopic (exact) mass is 788 g/mol. The van der Waals surface area contributed by atoms with Crippen molar-refractivity contribution in [3.63, 3.8) is 0 Å². The molecule has 3 aromatic carbocycles. The van der Waals surface area contributed by atoms with Gasteiger partial charge >= 0.3 is 11.9 Å². The highest BCUT2D eigenvalue weighted by molar-refractivity contribution is 6.31. The molecule has 3 aromatic rings. The molecule has 56 heavy (non-hydrogen) atoms. The molecule has 0 fully saturated rings. The van der Waals surface area contributed by atoms with Gasteiger partial charge in [-0.25, -0.2) is 14.0 Å². The van der Waals surface area contributed by atoms with E-state index >= 15 is 0 Å². The average molecular weight is 789 g/mol. The van der Waals surface area contributed by atoms with Gasteiger partial charge in [-0.05, 0) is 90.7 Å². The van der Waals surface area contributed by atoms with E-state index in [0.29, 0.717) is 50.9 Å². The Morgan fingerprint density at radius 2 is 1.73 bits per heavy atom. The predicted molar refractivity (Wildman–Crippen MR) is 204 cm³/mol. The minimum Gasteiger partial charge on any atom is -0.480 e. The van der Waals surface area contributed by atoms with Gasteiger partial charge in [0.1, 0.15) is 6.04 Å². The number of aromatic carboxylic acids is 1. The van der Waals surface area contributed by atoms with Crippen molar-refractivity contribution in [2.45, 2.75) is 56.2 Å². The third-order valence-electron chi connectivity index (χ3n) is 10.5. The summed E-state index contributed by atoms with van der Waals surface area (Å²) >= 11 is 5.99. The van der Waals surface area contributed by atoms with Crippen molar-refractivity contribution in [1.29, 1.82) is 0 Å². The van der Waals surface area contributed by atoms with Crippen LogP contribution in [0.3, 0.4) is 0 Å². The van der Waals surface area contributed by atoms with Crippen molar-refractivity contribution in [3.8, 4) is 0 Å². The summed E-state index contributed by atoms with van der Waals surface area (Å²) in [6, 6.07) is 14.4. The van der Waals surface area contributed by atoms with Crippen LogP contribution < -0.4 is 16.8 Å². The van der Waals surface area contributed by atoms with Crippen molar-refractivity contribution >= 4 is 52.5 Å². The van der Waals surface area contributed by atoms with Crippen LogP contribution in [0.15, 0.2) is 71.9 Å². The SMILES string of the molecule is NCCCC[C@@H](NC(=O)CN1CC=C(c2cccc3c2CCN(C(=O)[C@H]2CC(c4cccc(Cl)c4F)=NO2)[C@@]3(C(N)=O)c2ccc(C(=O)O)cc2)CC1)C(=O)O. The van der Waals surface area contributed by atoms with Crippen molar-refractivity contribution in [2.24, 2.45) is 16.6 Å². The number of amides is 3. The van der Waals surface area contributed by atoms with Crippen LogP contribution in [0.1, 0.15) is 70.3 Å². The number of nitrogens with zero attached hydrogens (tertiary/aromatic N) is 3. The summed E-state index contributed by atoms with van der Waals surface area (Å²) in [7, 11) is 0. The maximum Gasteiger partial charge on any atom is 0.335 e. The Kier molecular flexibility index (Phi) is 12.2. The van der Waals surface area contributed by atoms with E-state index in [-0.39, 0.29) is 53.4 Å². The van der Waals surface area contributed by atoms with Crippen molar-refractivity contribution < 1.29 is 43.4 Å². The third-order valence-corrected chi connectivity index (χ3v) is 10.8. The first-order chi connectivity index (χ1) is 26.9. The molecule has 7 N–H and O–H groups in total. The number of nitrogens with one attached hydrogen (secondary N) is 1. The number of benzene rings is 3. The normalized spacial score (nSPS) is 19.9. The molecule has 14 nitrogen and oxygen atoms in total. The zero-order valence-electron chi connectivity index (χ0n) is 30.4. The third kappa shape index (κ3) is 7.88. The van der Waals surface area contributed by atoms with Crippen LogP contribution in [-0.2, 0) is 36.0 Å². The first kappa shape index (κ1) is 40.0. The van der Waals surface area contributed by atoms with Gasteiger partial charge in [-0.1, -0.05) is 59.2 Å². The number of nitrogens with two attached hydrogens (primary N) is 2. The number of carbonyl (C=O) groups is 5. The maximum absolute atomic E-state index is 14.9. The second-order valence-electron chi connectivity index (χ2n) is 13.9. The van der Waals surface area contributed by atoms with Crippen LogP contribution in [0.4, 0.5) is 4.39 Å². The van der Waals surface area contributed by atoms with E-state index in [4.69, 9.17) is 27.9 Å². The van der Waals surface area contributed by atoms with Gasteiger partial charge in [0.05, 0.1) is 22.8 Å². The molecule has 0 aromatic heterocycles. The molecule has 0 saturated carbocycles. The summed E-state index contributed by atoms with van der Waals surface area (Å²) in [6.07, 6.45) is 3.00. The number of hydrogen-bond acceptors (Lipinski definition) is 9. The second kappa shape index (κ2) is 17.0. The van der Waals surface area contributed by atoms with Gasteiger partial charge in [-0.15, -0.1) is 0 Å². The highest BCUT2D eigenvalue weighted by Gasteiger charge is 2.54. The number of primary amides is 1. The molecular weight excluding hydrogens is 747 g/mol. The van der Waals surface area contributed by atoms with Gasteiger partial charge in [0.15, 0.2) is 11.4 Å². The molecule has 0 saturated heterocycles. The molecule has 0 bridgehead atoms.